The van der Waals surface area contributed by atoms with Gasteiger partial charge in [-0.25, -0.2) is 8.42 Å². The van der Waals surface area contributed by atoms with Crippen LogP contribution >= 0.6 is 0 Å². The molecule has 4 aromatic rings. The number of nitrogens with zero attached hydrogens (tertiary/aromatic N) is 2. The van der Waals surface area contributed by atoms with E-state index in [1.165, 1.54) is 40.8 Å². The van der Waals surface area contributed by atoms with E-state index in [1.807, 2.05) is 44.2 Å². The van der Waals surface area contributed by atoms with Crippen LogP contribution in [-0.2, 0) is 35.6 Å². The maximum atomic E-state index is 13.9. The van der Waals surface area contributed by atoms with Crippen molar-refractivity contribution >= 4 is 15.8 Å². The molecule has 2 heterocycles. The molecule has 47 heavy (non-hydrogen) atoms. The Balaban J connectivity index is 1.51. The first-order valence-corrected chi connectivity index (χ1v) is 17.0. The van der Waals surface area contributed by atoms with Crippen LogP contribution in [-0.4, -0.2) is 42.8 Å². The second-order valence-electron chi connectivity index (χ2n) is 12.1. The third kappa shape index (κ3) is 8.20. The molecule has 0 amide bonds. The van der Waals surface area contributed by atoms with E-state index in [4.69, 9.17) is 4.74 Å². The largest absolute Gasteiger partial charge is 0.492 e. The lowest BCUT2D eigenvalue weighted by Gasteiger charge is -2.19. The summed E-state index contributed by atoms with van der Waals surface area (Å²) in [5, 5.41) is 0. The lowest BCUT2D eigenvalue weighted by atomic mass is 9.99. The number of alkyl halides is 3. The number of carbonyl (C=O) groups excluding carboxylic acids is 1. The van der Waals surface area contributed by atoms with Crippen molar-refractivity contribution in [2.45, 2.75) is 57.1 Å². The van der Waals surface area contributed by atoms with Gasteiger partial charge in [0, 0.05) is 31.3 Å². The van der Waals surface area contributed by atoms with Crippen molar-refractivity contribution in [3.63, 3.8) is 0 Å². The third-order valence-corrected chi connectivity index (χ3v) is 9.94. The summed E-state index contributed by atoms with van der Waals surface area (Å²) >= 11 is 0. The highest BCUT2D eigenvalue weighted by Gasteiger charge is 2.31. The quantitative estimate of drug-likeness (QED) is 0.152. The minimum absolute atomic E-state index is 0.0401. The number of pyridine rings is 1. The Kier molecular flexibility index (Phi) is 10.4. The van der Waals surface area contributed by atoms with Crippen molar-refractivity contribution in [3.05, 3.63) is 118 Å². The fourth-order valence-electron chi connectivity index (χ4n) is 5.68. The van der Waals surface area contributed by atoms with Gasteiger partial charge < -0.3 is 9.30 Å². The summed E-state index contributed by atoms with van der Waals surface area (Å²) in [6.45, 7) is 4.34. The summed E-state index contributed by atoms with van der Waals surface area (Å²) in [5.74, 6) is -0.301. The van der Waals surface area contributed by atoms with E-state index in [2.05, 4.69) is 0 Å². The molecule has 1 saturated heterocycles. The number of rotatable bonds is 12. The molecule has 0 bridgehead atoms. The zero-order valence-corrected chi connectivity index (χ0v) is 27.1. The van der Waals surface area contributed by atoms with Gasteiger partial charge in [-0.05, 0) is 72.2 Å². The second kappa shape index (κ2) is 14.3. The maximum Gasteiger partial charge on any atom is 0.416 e. The highest BCUT2D eigenvalue weighted by atomic mass is 32.2. The molecule has 0 saturated carbocycles. The van der Waals surface area contributed by atoms with E-state index < -0.39 is 39.7 Å². The number of sulfonamides is 1. The summed E-state index contributed by atoms with van der Waals surface area (Å²) in [6, 6.07) is 20.4. The number of carbonyl (C=O) groups is 1. The number of Topliss-reactive ketones (excluding diaryl/α,β-unsaturated/α-hetero) is 1. The van der Waals surface area contributed by atoms with Crippen LogP contribution in [0, 0.1) is 5.92 Å². The van der Waals surface area contributed by atoms with Gasteiger partial charge in [-0.2, -0.15) is 17.5 Å². The lowest BCUT2D eigenvalue weighted by Crippen LogP contribution is -2.32. The van der Waals surface area contributed by atoms with Crippen molar-refractivity contribution in [2.24, 2.45) is 5.92 Å². The number of hydrogen-bond acceptors (Lipinski definition) is 5. The first-order valence-electron chi connectivity index (χ1n) is 15.6. The van der Waals surface area contributed by atoms with Gasteiger partial charge in [0.15, 0.2) is 5.78 Å². The van der Waals surface area contributed by atoms with Gasteiger partial charge in [0.05, 0.1) is 29.2 Å². The monoisotopic (exact) mass is 666 g/mol. The molecule has 0 aliphatic carbocycles. The Labute approximate surface area is 272 Å². The van der Waals surface area contributed by atoms with E-state index in [1.54, 1.807) is 6.07 Å². The van der Waals surface area contributed by atoms with Crippen LogP contribution in [0.2, 0.25) is 0 Å². The van der Waals surface area contributed by atoms with E-state index in [0.717, 1.165) is 35.1 Å². The van der Waals surface area contributed by atoms with Gasteiger partial charge in [-0.15, -0.1) is 0 Å². The average molecular weight is 667 g/mol. The van der Waals surface area contributed by atoms with Crippen LogP contribution in [0.4, 0.5) is 13.2 Å². The van der Waals surface area contributed by atoms with Crippen molar-refractivity contribution < 1.29 is 31.1 Å². The molecule has 3 aromatic carbocycles. The summed E-state index contributed by atoms with van der Waals surface area (Å²) < 4.78 is 75.9. The normalized spacial score (nSPS) is 14.1. The molecule has 0 atom stereocenters. The smallest absolute Gasteiger partial charge is 0.416 e. The first-order chi connectivity index (χ1) is 22.3. The topological polar surface area (TPSA) is 85.7 Å². The Morgan fingerprint density at radius 3 is 2.30 bits per heavy atom. The van der Waals surface area contributed by atoms with Gasteiger partial charge in [-0.3, -0.25) is 9.59 Å². The lowest BCUT2D eigenvalue weighted by molar-refractivity contribution is -0.137. The van der Waals surface area contributed by atoms with Crippen LogP contribution in [0.25, 0.3) is 11.1 Å². The van der Waals surface area contributed by atoms with Crippen molar-refractivity contribution in [2.75, 3.05) is 19.7 Å². The number of aromatic nitrogens is 1. The Morgan fingerprint density at radius 1 is 0.915 bits per heavy atom. The van der Waals surface area contributed by atoms with Gasteiger partial charge in [-0.1, -0.05) is 62.4 Å². The van der Waals surface area contributed by atoms with Crippen LogP contribution in [0.15, 0.2) is 94.7 Å². The van der Waals surface area contributed by atoms with Gasteiger partial charge >= 0.3 is 6.18 Å². The molecular formula is C36H37F3N2O5S. The summed E-state index contributed by atoms with van der Waals surface area (Å²) in [6.07, 6.45) is -0.962. The highest BCUT2D eigenvalue weighted by Crippen LogP contribution is 2.34. The molecule has 11 heteroatoms. The van der Waals surface area contributed by atoms with E-state index in [9.17, 15) is 31.2 Å². The Morgan fingerprint density at radius 2 is 1.62 bits per heavy atom. The number of benzene rings is 3. The summed E-state index contributed by atoms with van der Waals surface area (Å²) in [5.41, 5.74) is 0.862. The summed E-state index contributed by atoms with van der Waals surface area (Å²) in [7, 11) is -3.88. The van der Waals surface area contributed by atoms with Crippen LogP contribution in [0.5, 0.6) is 5.75 Å². The molecule has 0 radical (unpaired) electrons. The van der Waals surface area contributed by atoms with E-state index in [-0.39, 0.29) is 28.7 Å². The Bertz CT molecular complexity index is 1900. The standard InChI is InChI=1S/C36H37F3N2O5S/c1-25(2)19-29-21-31(47(44,45)41-16-6-7-17-41)23-40(35(29)43)24-33(42)32-14-13-28(27-11-8-12-30(20-27)36(37,38)39)22-34(32)46-18-15-26-9-4-3-5-10-26/h3-5,8-14,20-23,25H,6-7,15-19,24H2,1-2H3. The van der Waals surface area contributed by atoms with E-state index >= 15 is 0 Å². The number of hydrogen-bond donors (Lipinski definition) is 0. The zero-order chi connectivity index (χ0) is 33.8. The zero-order valence-electron chi connectivity index (χ0n) is 26.3. The molecule has 0 unspecified atom stereocenters. The minimum atomic E-state index is -4.53. The van der Waals surface area contributed by atoms with E-state index in [0.29, 0.717) is 42.6 Å². The molecule has 1 aliphatic rings. The highest BCUT2D eigenvalue weighted by molar-refractivity contribution is 7.89. The predicted octanol–water partition coefficient (Wildman–Crippen LogP) is 7.02. The molecular weight excluding hydrogens is 629 g/mol. The second-order valence-corrected chi connectivity index (χ2v) is 14.1. The summed E-state index contributed by atoms with van der Waals surface area (Å²) in [4.78, 5) is 27.3. The molecule has 248 valence electrons. The molecule has 0 spiro atoms. The average Bonchev–Trinajstić information content (AvgIpc) is 3.59. The van der Waals surface area contributed by atoms with Gasteiger partial charge in [0.2, 0.25) is 10.0 Å². The number of ketones is 1. The minimum Gasteiger partial charge on any atom is -0.492 e. The predicted molar refractivity (Wildman–Crippen MR) is 174 cm³/mol. The molecule has 5 rings (SSSR count). The van der Waals surface area contributed by atoms with Crippen LogP contribution in [0.3, 0.4) is 0 Å². The van der Waals surface area contributed by atoms with Crippen molar-refractivity contribution in [3.8, 4) is 16.9 Å². The molecule has 1 aliphatic heterocycles. The molecule has 0 N–H and O–H groups in total. The fourth-order valence-corrected chi connectivity index (χ4v) is 7.27. The number of ether oxygens (including phenoxy) is 1. The van der Waals surface area contributed by atoms with Gasteiger partial charge in [0.1, 0.15) is 5.75 Å². The molecule has 7 nitrogen and oxygen atoms in total. The SMILES string of the molecule is CC(C)Cc1cc(S(=O)(=O)N2CCCC2)cn(CC(=O)c2ccc(-c3cccc(C(F)(F)F)c3)cc2OCCc2ccccc2)c1=O. The van der Waals surface area contributed by atoms with Crippen molar-refractivity contribution in [1.82, 2.24) is 8.87 Å². The maximum absolute atomic E-state index is 13.9. The third-order valence-electron chi connectivity index (χ3n) is 8.08. The molecule has 1 fully saturated rings. The fraction of sp³-hybridized carbons (Fsp3) is 0.333. The number of halogens is 3. The van der Waals surface area contributed by atoms with Crippen LogP contribution < -0.4 is 10.3 Å². The van der Waals surface area contributed by atoms with Crippen molar-refractivity contribution in [1.29, 1.82) is 0 Å². The Hall–Kier alpha value is -4.22. The first kappa shape index (κ1) is 34.1. The molecule has 1 aromatic heterocycles. The van der Waals surface area contributed by atoms with Crippen LogP contribution in [0.1, 0.15) is 53.7 Å². The van der Waals surface area contributed by atoms with Gasteiger partial charge in [0.25, 0.3) is 5.56 Å².